The standard InChI is InChI=1S/C25H39ClN4O8/c1-16(26)36-23(34)30(8)19-17(11-9-13-27-19)15-35-20(31)18(29-22(33)38-25(5,6)7)12-10-14-28-21(32)37-24(2,3)4/h9,11,13,16,18H,10,12,14-15H2,1-8H3,(H,28,32)(H,29,33)/t16?,18-/m0/s1. The summed E-state index contributed by atoms with van der Waals surface area (Å²) in [6.07, 6.45) is -0.169. The average molecular weight is 559 g/mol. The first-order chi connectivity index (χ1) is 17.5. The Morgan fingerprint density at radius 2 is 1.66 bits per heavy atom. The van der Waals surface area contributed by atoms with E-state index in [1.807, 2.05) is 0 Å². The van der Waals surface area contributed by atoms with Crippen LogP contribution in [0.3, 0.4) is 0 Å². The van der Waals surface area contributed by atoms with Gasteiger partial charge in [0.2, 0.25) is 0 Å². The van der Waals surface area contributed by atoms with Crippen LogP contribution in [0.1, 0.15) is 66.9 Å². The third-order valence-electron chi connectivity index (χ3n) is 4.41. The Bertz CT molecular complexity index is 959. The van der Waals surface area contributed by atoms with Gasteiger partial charge in [0.05, 0.1) is 0 Å². The fourth-order valence-electron chi connectivity index (χ4n) is 2.91. The van der Waals surface area contributed by atoms with E-state index >= 15 is 0 Å². The Hall–Kier alpha value is -3.28. The lowest BCUT2D eigenvalue weighted by atomic mass is 10.1. The fraction of sp³-hybridized carbons (Fsp3) is 0.640. The molecule has 214 valence electrons. The molecule has 1 aromatic rings. The van der Waals surface area contributed by atoms with Crippen molar-refractivity contribution in [2.45, 2.75) is 90.7 Å². The lowest BCUT2D eigenvalue weighted by molar-refractivity contribution is -0.147. The number of nitrogens with one attached hydrogen (secondary N) is 2. The highest BCUT2D eigenvalue weighted by atomic mass is 35.5. The van der Waals surface area contributed by atoms with Crippen molar-refractivity contribution in [3.05, 3.63) is 23.9 Å². The molecular formula is C25H39ClN4O8. The number of amides is 3. The van der Waals surface area contributed by atoms with Crippen LogP contribution in [-0.4, -0.2) is 65.6 Å². The zero-order valence-corrected chi connectivity index (χ0v) is 24.0. The summed E-state index contributed by atoms with van der Waals surface area (Å²) in [4.78, 5) is 54.7. The van der Waals surface area contributed by atoms with Gasteiger partial charge >= 0.3 is 24.2 Å². The van der Waals surface area contributed by atoms with Gasteiger partial charge in [0.1, 0.15) is 29.7 Å². The molecule has 1 heterocycles. The molecule has 13 heteroatoms. The number of anilines is 1. The predicted molar refractivity (Wildman–Crippen MR) is 141 cm³/mol. The van der Waals surface area contributed by atoms with E-state index in [1.165, 1.54) is 20.2 Å². The maximum Gasteiger partial charge on any atom is 0.416 e. The molecule has 1 aromatic heterocycles. The molecule has 2 atom stereocenters. The van der Waals surface area contributed by atoms with Crippen LogP contribution in [-0.2, 0) is 30.3 Å². The molecule has 12 nitrogen and oxygen atoms in total. The number of nitrogens with zero attached hydrogens (tertiary/aromatic N) is 2. The van der Waals surface area contributed by atoms with Crippen LogP contribution in [0.25, 0.3) is 0 Å². The molecule has 0 aromatic carbocycles. The molecule has 0 spiro atoms. The molecule has 0 saturated carbocycles. The Balaban J connectivity index is 2.87. The van der Waals surface area contributed by atoms with E-state index in [9.17, 15) is 19.2 Å². The second-order valence-electron chi connectivity index (χ2n) is 10.3. The summed E-state index contributed by atoms with van der Waals surface area (Å²) in [5, 5.41) is 5.12. The fourth-order valence-corrected chi connectivity index (χ4v) is 2.98. The maximum absolute atomic E-state index is 12.9. The van der Waals surface area contributed by atoms with Crippen molar-refractivity contribution >= 4 is 41.7 Å². The lowest BCUT2D eigenvalue weighted by Gasteiger charge is -2.23. The van der Waals surface area contributed by atoms with Gasteiger partial charge in [-0.3, -0.25) is 4.90 Å². The van der Waals surface area contributed by atoms with Crippen LogP contribution >= 0.6 is 11.6 Å². The second-order valence-corrected chi connectivity index (χ2v) is 11.0. The summed E-state index contributed by atoms with van der Waals surface area (Å²) in [5.74, 6) is -0.525. The van der Waals surface area contributed by atoms with Crippen LogP contribution in [0.2, 0.25) is 0 Å². The zero-order chi connectivity index (χ0) is 29.1. The van der Waals surface area contributed by atoms with Crippen LogP contribution in [0.15, 0.2) is 18.3 Å². The van der Waals surface area contributed by atoms with Gasteiger partial charge in [0.25, 0.3) is 0 Å². The van der Waals surface area contributed by atoms with Gasteiger partial charge in [-0.15, -0.1) is 0 Å². The molecule has 0 aliphatic carbocycles. The third-order valence-corrected chi connectivity index (χ3v) is 4.49. The average Bonchev–Trinajstić information content (AvgIpc) is 2.76. The Morgan fingerprint density at radius 1 is 1.05 bits per heavy atom. The Kier molecular flexibility index (Phi) is 12.6. The molecule has 0 radical (unpaired) electrons. The molecule has 1 unspecified atom stereocenters. The van der Waals surface area contributed by atoms with Crippen LogP contribution in [0.5, 0.6) is 0 Å². The maximum atomic E-state index is 12.9. The van der Waals surface area contributed by atoms with E-state index < -0.39 is 47.1 Å². The molecule has 0 aliphatic rings. The van der Waals surface area contributed by atoms with Gasteiger partial charge in [-0.1, -0.05) is 17.7 Å². The Morgan fingerprint density at radius 3 is 2.24 bits per heavy atom. The number of alkyl carbamates (subject to hydrolysis) is 2. The van der Waals surface area contributed by atoms with E-state index in [2.05, 4.69) is 15.6 Å². The van der Waals surface area contributed by atoms with Gasteiger partial charge in [0.15, 0.2) is 5.56 Å². The monoisotopic (exact) mass is 558 g/mol. The molecule has 2 N–H and O–H groups in total. The van der Waals surface area contributed by atoms with Gasteiger partial charge < -0.3 is 29.6 Å². The van der Waals surface area contributed by atoms with Gasteiger partial charge in [-0.05, 0) is 67.4 Å². The number of carbonyl (C=O) groups excluding carboxylic acids is 4. The number of rotatable bonds is 10. The summed E-state index contributed by atoms with van der Waals surface area (Å²) in [6.45, 7) is 11.8. The number of pyridine rings is 1. The predicted octanol–water partition coefficient (Wildman–Crippen LogP) is 4.48. The summed E-state index contributed by atoms with van der Waals surface area (Å²) in [6, 6.07) is 2.18. The summed E-state index contributed by atoms with van der Waals surface area (Å²) in [7, 11) is 1.44. The van der Waals surface area contributed by atoms with Crippen molar-refractivity contribution in [3.8, 4) is 0 Å². The summed E-state index contributed by atoms with van der Waals surface area (Å²) >= 11 is 5.73. The number of esters is 1. The van der Waals surface area contributed by atoms with Crippen LogP contribution < -0.4 is 15.5 Å². The first-order valence-corrected chi connectivity index (χ1v) is 12.6. The smallest absolute Gasteiger partial charge is 0.416 e. The summed E-state index contributed by atoms with van der Waals surface area (Å²) in [5.41, 5.74) is -1.85. The molecule has 0 bridgehead atoms. The van der Waals surface area contributed by atoms with Crippen LogP contribution in [0, 0.1) is 0 Å². The highest BCUT2D eigenvalue weighted by Gasteiger charge is 2.27. The SMILES string of the molecule is CC(Cl)OC(=O)N(C)c1ncccc1COC(=O)[C@H](CCCNC(=O)OC(C)(C)C)NC(=O)OC(C)(C)C. The lowest BCUT2D eigenvalue weighted by Crippen LogP contribution is -2.44. The zero-order valence-electron chi connectivity index (χ0n) is 23.3. The van der Waals surface area contributed by atoms with Crippen molar-refractivity contribution < 1.29 is 38.1 Å². The molecule has 1 rings (SSSR count). The number of alkyl halides is 1. The van der Waals surface area contributed by atoms with Gasteiger partial charge in [0, 0.05) is 25.4 Å². The van der Waals surface area contributed by atoms with E-state index in [1.54, 1.807) is 53.7 Å². The molecule has 3 amide bonds. The molecule has 0 aliphatic heterocycles. The number of carbonyl (C=O) groups is 4. The number of halogens is 1. The summed E-state index contributed by atoms with van der Waals surface area (Å²) < 4.78 is 20.9. The molecule has 0 saturated heterocycles. The van der Waals surface area contributed by atoms with E-state index in [-0.39, 0.29) is 25.4 Å². The number of aromatic nitrogens is 1. The van der Waals surface area contributed by atoms with Crippen molar-refractivity contribution in [1.29, 1.82) is 0 Å². The topological polar surface area (TPSA) is 145 Å². The van der Waals surface area contributed by atoms with E-state index in [4.69, 9.17) is 30.5 Å². The van der Waals surface area contributed by atoms with Crippen LogP contribution in [0.4, 0.5) is 20.2 Å². The molecule has 0 fully saturated rings. The van der Waals surface area contributed by atoms with Gasteiger partial charge in [-0.2, -0.15) is 0 Å². The minimum Gasteiger partial charge on any atom is -0.459 e. The molecule has 38 heavy (non-hydrogen) atoms. The van der Waals surface area contributed by atoms with Crippen molar-refractivity contribution in [2.75, 3.05) is 18.5 Å². The van der Waals surface area contributed by atoms with E-state index in [0.29, 0.717) is 12.0 Å². The highest BCUT2D eigenvalue weighted by Crippen LogP contribution is 2.19. The van der Waals surface area contributed by atoms with Gasteiger partial charge in [-0.25, -0.2) is 24.2 Å². The third kappa shape index (κ3) is 13.3. The van der Waals surface area contributed by atoms with Crippen molar-refractivity contribution in [1.82, 2.24) is 15.6 Å². The normalized spacial score (nSPS) is 13.0. The first-order valence-electron chi connectivity index (χ1n) is 12.1. The minimum atomic E-state index is -1.06. The second kappa shape index (κ2) is 14.6. The largest absolute Gasteiger partial charge is 0.459 e. The number of hydrogen-bond acceptors (Lipinski definition) is 9. The highest BCUT2D eigenvalue weighted by molar-refractivity contribution is 6.20. The Labute approximate surface area is 228 Å². The number of ether oxygens (including phenoxy) is 4. The molecular weight excluding hydrogens is 520 g/mol. The van der Waals surface area contributed by atoms with Crippen molar-refractivity contribution in [2.24, 2.45) is 0 Å². The quantitative estimate of drug-likeness (QED) is 0.184. The first kappa shape index (κ1) is 32.7. The van der Waals surface area contributed by atoms with Crippen molar-refractivity contribution in [3.63, 3.8) is 0 Å². The minimum absolute atomic E-state index is 0.146. The number of hydrogen-bond donors (Lipinski definition) is 2. The van der Waals surface area contributed by atoms with E-state index in [0.717, 1.165) is 4.90 Å².